The first kappa shape index (κ1) is 11.2. The first-order valence-corrected chi connectivity index (χ1v) is 6.62. The number of nitrogens with zero attached hydrogens (tertiary/aromatic N) is 2. The lowest BCUT2D eigenvalue weighted by atomic mass is 10.1. The lowest BCUT2D eigenvalue weighted by Gasteiger charge is -2.40. The SMILES string of the molecule is CC(C(=O)N1CC(O)C1)N1CCSCC1. The van der Waals surface area contributed by atoms with E-state index in [9.17, 15) is 4.79 Å². The molecule has 0 radical (unpaired) electrons. The number of carbonyl (C=O) groups excluding carboxylic acids is 1. The highest BCUT2D eigenvalue weighted by Gasteiger charge is 2.34. The lowest BCUT2D eigenvalue weighted by molar-refractivity contribution is -0.146. The fourth-order valence-corrected chi connectivity index (χ4v) is 2.95. The predicted molar refractivity (Wildman–Crippen MR) is 60.9 cm³/mol. The van der Waals surface area contributed by atoms with Crippen LogP contribution in [0.4, 0.5) is 0 Å². The molecule has 0 spiro atoms. The molecule has 2 fully saturated rings. The summed E-state index contributed by atoms with van der Waals surface area (Å²) >= 11 is 1.95. The standard InChI is InChI=1S/C10H18N2O2S/c1-8(11-2-4-15-5-3-11)10(14)12-6-9(13)7-12/h8-9,13H,2-7H2,1H3. The Morgan fingerprint density at radius 3 is 2.53 bits per heavy atom. The molecule has 2 saturated heterocycles. The minimum atomic E-state index is -0.293. The Bertz CT molecular complexity index is 238. The van der Waals surface area contributed by atoms with Crippen LogP contribution in [0.3, 0.4) is 0 Å². The van der Waals surface area contributed by atoms with Crippen molar-refractivity contribution in [2.75, 3.05) is 37.7 Å². The second kappa shape index (κ2) is 4.72. The Labute approximate surface area is 94.6 Å². The number of aliphatic hydroxyl groups excluding tert-OH is 1. The highest BCUT2D eigenvalue weighted by atomic mass is 32.2. The van der Waals surface area contributed by atoms with Gasteiger partial charge in [-0.15, -0.1) is 0 Å². The number of β-amino-alcohol motifs (C(OH)–C–C–N with tert-alkyl or cyclic N) is 1. The molecule has 1 atom stereocenters. The number of rotatable bonds is 2. The molecule has 0 bridgehead atoms. The lowest BCUT2D eigenvalue weighted by Crippen LogP contribution is -2.59. The maximum atomic E-state index is 11.9. The maximum Gasteiger partial charge on any atom is 0.239 e. The molecule has 1 N–H and O–H groups in total. The summed E-state index contributed by atoms with van der Waals surface area (Å²) in [7, 11) is 0. The molecule has 2 aliphatic rings. The molecule has 0 saturated carbocycles. The molecule has 0 aliphatic carbocycles. The Morgan fingerprint density at radius 1 is 1.40 bits per heavy atom. The van der Waals surface area contributed by atoms with Crippen LogP contribution >= 0.6 is 11.8 Å². The van der Waals surface area contributed by atoms with Crippen LogP contribution in [-0.4, -0.2) is 70.6 Å². The molecule has 2 heterocycles. The third-order valence-electron chi connectivity index (χ3n) is 3.12. The number of aliphatic hydroxyl groups is 1. The van der Waals surface area contributed by atoms with E-state index >= 15 is 0 Å². The van der Waals surface area contributed by atoms with E-state index in [1.165, 1.54) is 0 Å². The Balaban J connectivity index is 1.83. The van der Waals surface area contributed by atoms with Crippen molar-refractivity contribution in [1.29, 1.82) is 0 Å². The quantitative estimate of drug-likeness (QED) is 0.703. The molecule has 2 aliphatic heterocycles. The third-order valence-corrected chi connectivity index (χ3v) is 4.07. The minimum absolute atomic E-state index is 0.0154. The normalized spacial score (nSPS) is 26.1. The summed E-state index contributed by atoms with van der Waals surface area (Å²) in [4.78, 5) is 15.9. The average Bonchev–Trinajstić information content (AvgIpc) is 2.24. The largest absolute Gasteiger partial charge is 0.389 e. The number of carbonyl (C=O) groups is 1. The molecule has 2 rings (SSSR count). The van der Waals surface area contributed by atoms with E-state index in [-0.39, 0.29) is 18.1 Å². The van der Waals surface area contributed by atoms with Crippen molar-refractivity contribution in [1.82, 2.24) is 9.80 Å². The zero-order valence-corrected chi connectivity index (χ0v) is 9.87. The third kappa shape index (κ3) is 2.46. The Morgan fingerprint density at radius 2 is 2.00 bits per heavy atom. The summed E-state index contributed by atoms with van der Waals surface area (Å²) in [6.45, 7) is 5.03. The topological polar surface area (TPSA) is 43.8 Å². The van der Waals surface area contributed by atoms with Crippen molar-refractivity contribution >= 4 is 17.7 Å². The van der Waals surface area contributed by atoms with E-state index in [0.29, 0.717) is 13.1 Å². The van der Waals surface area contributed by atoms with Gasteiger partial charge in [-0.1, -0.05) is 0 Å². The molecule has 4 nitrogen and oxygen atoms in total. The fraction of sp³-hybridized carbons (Fsp3) is 0.900. The van der Waals surface area contributed by atoms with Crippen LogP contribution in [0.2, 0.25) is 0 Å². The van der Waals surface area contributed by atoms with Crippen molar-refractivity contribution < 1.29 is 9.90 Å². The van der Waals surface area contributed by atoms with E-state index < -0.39 is 0 Å². The predicted octanol–water partition coefficient (Wildman–Crippen LogP) is -0.373. The number of hydrogen-bond acceptors (Lipinski definition) is 4. The van der Waals surface area contributed by atoms with E-state index in [1.807, 2.05) is 18.7 Å². The fourth-order valence-electron chi connectivity index (χ4n) is 2.02. The van der Waals surface area contributed by atoms with Gasteiger partial charge in [0.15, 0.2) is 0 Å². The highest BCUT2D eigenvalue weighted by molar-refractivity contribution is 7.99. The second-order valence-electron chi connectivity index (χ2n) is 4.22. The van der Waals surface area contributed by atoms with Gasteiger partial charge in [-0.3, -0.25) is 9.69 Å². The van der Waals surface area contributed by atoms with Crippen LogP contribution in [0.5, 0.6) is 0 Å². The van der Waals surface area contributed by atoms with Gasteiger partial charge >= 0.3 is 0 Å². The first-order valence-electron chi connectivity index (χ1n) is 5.47. The zero-order chi connectivity index (χ0) is 10.8. The Hall–Kier alpha value is -0.260. The molecule has 0 aromatic rings. The van der Waals surface area contributed by atoms with E-state index in [4.69, 9.17) is 5.11 Å². The maximum absolute atomic E-state index is 11.9. The number of likely N-dealkylation sites (tertiary alicyclic amines) is 1. The van der Waals surface area contributed by atoms with Gasteiger partial charge in [-0.2, -0.15) is 11.8 Å². The van der Waals surface area contributed by atoms with E-state index in [1.54, 1.807) is 4.90 Å². The monoisotopic (exact) mass is 230 g/mol. The summed E-state index contributed by atoms with van der Waals surface area (Å²) in [5, 5.41) is 9.15. The van der Waals surface area contributed by atoms with Crippen LogP contribution in [0.15, 0.2) is 0 Å². The van der Waals surface area contributed by atoms with Crippen LogP contribution in [-0.2, 0) is 4.79 Å². The average molecular weight is 230 g/mol. The molecular formula is C10H18N2O2S. The van der Waals surface area contributed by atoms with E-state index in [0.717, 1.165) is 24.6 Å². The van der Waals surface area contributed by atoms with Crippen LogP contribution < -0.4 is 0 Å². The summed E-state index contributed by atoms with van der Waals surface area (Å²) in [5.41, 5.74) is 0. The van der Waals surface area contributed by atoms with Crippen molar-refractivity contribution in [3.8, 4) is 0 Å². The number of hydrogen-bond donors (Lipinski definition) is 1. The van der Waals surface area contributed by atoms with Crippen molar-refractivity contribution in [3.05, 3.63) is 0 Å². The minimum Gasteiger partial charge on any atom is -0.389 e. The van der Waals surface area contributed by atoms with Gasteiger partial charge in [0.1, 0.15) is 0 Å². The molecule has 5 heteroatoms. The summed E-state index contributed by atoms with van der Waals surface area (Å²) in [6, 6.07) is -0.0154. The number of thioether (sulfide) groups is 1. The van der Waals surface area contributed by atoms with Gasteiger partial charge in [0, 0.05) is 37.7 Å². The first-order chi connectivity index (χ1) is 7.18. The van der Waals surface area contributed by atoms with Crippen molar-refractivity contribution in [2.24, 2.45) is 0 Å². The molecule has 15 heavy (non-hydrogen) atoms. The highest BCUT2D eigenvalue weighted by Crippen LogP contribution is 2.16. The second-order valence-corrected chi connectivity index (χ2v) is 5.45. The van der Waals surface area contributed by atoms with Crippen LogP contribution in [0.25, 0.3) is 0 Å². The molecule has 0 aromatic carbocycles. The molecule has 1 amide bonds. The number of amides is 1. The smallest absolute Gasteiger partial charge is 0.239 e. The molecule has 1 unspecified atom stereocenters. The molecule has 86 valence electrons. The van der Waals surface area contributed by atoms with Crippen molar-refractivity contribution in [3.63, 3.8) is 0 Å². The van der Waals surface area contributed by atoms with Crippen LogP contribution in [0.1, 0.15) is 6.92 Å². The van der Waals surface area contributed by atoms with Gasteiger partial charge < -0.3 is 10.0 Å². The molecule has 0 aromatic heterocycles. The van der Waals surface area contributed by atoms with Gasteiger partial charge in [-0.25, -0.2) is 0 Å². The molecular weight excluding hydrogens is 212 g/mol. The van der Waals surface area contributed by atoms with Gasteiger partial charge in [-0.05, 0) is 6.92 Å². The summed E-state index contributed by atoms with van der Waals surface area (Å²) in [6.07, 6.45) is -0.293. The van der Waals surface area contributed by atoms with Gasteiger partial charge in [0.05, 0.1) is 12.1 Å². The van der Waals surface area contributed by atoms with Crippen LogP contribution in [0, 0.1) is 0 Å². The zero-order valence-electron chi connectivity index (χ0n) is 9.06. The van der Waals surface area contributed by atoms with Gasteiger partial charge in [0.2, 0.25) is 5.91 Å². The van der Waals surface area contributed by atoms with Crippen molar-refractivity contribution in [2.45, 2.75) is 19.1 Å². The Kier molecular flexibility index (Phi) is 3.53. The van der Waals surface area contributed by atoms with Gasteiger partial charge in [0.25, 0.3) is 0 Å². The summed E-state index contributed by atoms with van der Waals surface area (Å²) < 4.78 is 0. The van der Waals surface area contributed by atoms with E-state index in [2.05, 4.69) is 4.90 Å². The summed E-state index contributed by atoms with van der Waals surface area (Å²) in [5.74, 6) is 2.42.